The summed E-state index contributed by atoms with van der Waals surface area (Å²) in [6, 6.07) is 14.4. The van der Waals surface area contributed by atoms with Crippen molar-refractivity contribution in [2.45, 2.75) is 6.92 Å². The number of carbonyl (C=O) groups excluding carboxylic acids is 1. The van der Waals surface area contributed by atoms with Crippen molar-refractivity contribution < 1.29 is 4.79 Å². The van der Waals surface area contributed by atoms with Crippen LogP contribution in [0.3, 0.4) is 0 Å². The van der Waals surface area contributed by atoms with Gasteiger partial charge in [0.2, 0.25) is 5.91 Å². The molecule has 1 aliphatic rings. The number of halogens is 2. The topological polar surface area (TPSA) is 35.6 Å². The van der Waals surface area contributed by atoms with E-state index in [1.54, 1.807) is 0 Å². The highest BCUT2D eigenvalue weighted by molar-refractivity contribution is 6.04. The Bertz CT molecular complexity index is 654. The second-order valence-corrected chi connectivity index (χ2v) is 5.66. The largest absolute Gasteiger partial charge is 0.314 e. The summed E-state index contributed by atoms with van der Waals surface area (Å²) < 4.78 is 0. The molecule has 1 N–H and O–H groups in total. The molecule has 3 rings (SSSR count). The number of fused-ring (bicyclic) bond motifs is 1. The van der Waals surface area contributed by atoms with Crippen LogP contribution in [0.2, 0.25) is 0 Å². The van der Waals surface area contributed by atoms with Crippen LogP contribution < -0.4 is 10.2 Å². The molecule has 0 aromatic heterocycles. The first-order valence-electron chi connectivity index (χ1n) is 8.01. The van der Waals surface area contributed by atoms with Crippen LogP contribution in [0.5, 0.6) is 0 Å². The van der Waals surface area contributed by atoms with E-state index in [0.717, 1.165) is 37.3 Å². The molecule has 1 aliphatic heterocycles. The molecule has 0 atom stereocenters. The highest BCUT2D eigenvalue weighted by Gasteiger charge is 2.20. The smallest absolute Gasteiger partial charge is 0.241 e. The molecule has 0 unspecified atom stereocenters. The number of amides is 1. The van der Waals surface area contributed by atoms with Gasteiger partial charge in [-0.2, -0.15) is 0 Å². The summed E-state index contributed by atoms with van der Waals surface area (Å²) in [5, 5.41) is 5.63. The van der Waals surface area contributed by atoms with Gasteiger partial charge in [-0.1, -0.05) is 36.4 Å². The van der Waals surface area contributed by atoms with Gasteiger partial charge in [0.15, 0.2) is 0 Å². The summed E-state index contributed by atoms with van der Waals surface area (Å²) in [6.45, 7) is 7.05. The third-order valence-electron chi connectivity index (χ3n) is 4.24. The van der Waals surface area contributed by atoms with Crippen LogP contribution in [0.15, 0.2) is 42.5 Å². The van der Waals surface area contributed by atoms with E-state index < -0.39 is 0 Å². The maximum absolute atomic E-state index is 12.8. The lowest BCUT2D eigenvalue weighted by Gasteiger charge is -2.30. The van der Waals surface area contributed by atoms with Crippen molar-refractivity contribution in [3.05, 3.63) is 42.5 Å². The van der Waals surface area contributed by atoms with Gasteiger partial charge in [-0.15, -0.1) is 24.8 Å². The first kappa shape index (κ1) is 20.7. The van der Waals surface area contributed by atoms with Gasteiger partial charge >= 0.3 is 0 Å². The molecule has 132 valence electrons. The molecule has 1 amide bonds. The highest BCUT2D eigenvalue weighted by Crippen LogP contribution is 2.26. The second kappa shape index (κ2) is 9.84. The van der Waals surface area contributed by atoms with Gasteiger partial charge in [0, 0.05) is 38.1 Å². The maximum atomic E-state index is 12.8. The molecule has 1 heterocycles. The zero-order chi connectivity index (χ0) is 15.4. The molecule has 0 radical (unpaired) electrons. The van der Waals surface area contributed by atoms with Crippen LogP contribution in [0.25, 0.3) is 10.8 Å². The first-order chi connectivity index (χ1) is 10.8. The summed E-state index contributed by atoms with van der Waals surface area (Å²) in [7, 11) is 0. The van der Waals surface area contributed by atoms with Gasteiger partial charge in [0.1, 0.15) is 0 Å². The number of carbonyl (C=O) groups is 1. The van der Waals surface area contributed by atoms with Crippen molar-refractivity contribution in [2.24, 2.45) is 0 Å². The molecule has 6 heteroatoms. The number of likely N-dealkylation sites (N-methyl/N-ethyl adjacent to an activating group) is 1. The Morgan fingerprint density at radius 2 is 1.75 bits per heavy atom. The van der Waals surface area contributed by atoms with E-state index >= 15 is 0 Å². The lowest BCUT2D eigenvalue weighted by molar-refractivity contribution is -0.119. The van der Waals surface area contributed by atoms with Gasteiger partial charge in [0.25, 0.3) is 0 Å². The number of nitrogens with one attached hydrogen (secondary N) is 1. The summed E-state index contributed by atoms with van der Waals surface area (Å²) >= 11 is 0. The van der Waals surface area contributed by atoms with Gasteiger partial charge in [-0.25, -0.2) is 0 Å². The van der Waals surface area contributed by atoms with Crippen molar-refractivity contribution in [1.29, 1.82) is 0 Å². The van der Waals surface area contributed by atoms with Crippen molar-refractivity contribution in [1.82, 2.24) is 10.2 Å². The number of anilines is 1. The Kier molecular flexibility index (Phi) is 8.50. The average molecular weight is 370 g/mol. The molecular formula is C18H25Cl2N3O. The van der Waals surface area contributed by atoms with Crippen LogP contribution >= 0.6 is 24.8 Å². The minimum absolute atomic E-state index is 0. The van der Waals surface area contributed by atoms with Crippen molar-refractivity contribution in [3.8, 4) is 0 Å². The number of benzene rings is 2. The van der Waals surface area contributed by atoms with E-state index in [0.29, 0.717) is 13.1 Å². The molecule has 1 fully saturated rings. The minimum Gasteiger partial charge on any atom is -0.314 e. The van der Waals surface area contributed by atoms with Gasteiger partial charge in [-0.3, -0.25) is 9.69 Å². The lowest BCUT2D eigenvalue weighted by Crippen LogP contribution is -2.48. The zero-order valence-corrected chi connectivity index (χ0v) is 15.5. The van der Waals surface area contributed by atoms with E-state index in [2.05, 4.69) is 28.4 Å². The van der Waals surface area contributed by atoms with Crippen molar-refractivity contribution in [3.63, 3.8) is 0 Å². The summed E-state index contributed by atoms with van der Waals surface area (Å²) in [4.78, 5) is 16.9. The predicted molar refractivity (Wildman–Crippen MR) is 106 cm³/mol. The van der Waals surface area contributed by atoms with E-state index in [1.807, 2.05) is 36.1 Å². The number of hydrogen-bond acceptors (Lipinski definition) is 3. The van der Waals surface area contributed by atoms with Crippen LogP contribution in [-0.2, 0) is 4.79 Å². The SMILES string of the molecule is CCN(C(=O)CN1CCNCC1)c1cccc2ccccc12.Cl.Cl. The number of nitrogens with zero attached hydrogens (tertiary/aromatic N) is 2. The van der Waals surface area contributed by atoms with Gasteiger partial charge < -0.3 is 10.2 Å². The molecule has 0 saturated carbocycles. The third-order valence-corrected chi connectivity index (χ3v) is 4.24. The van der Waals surface area contributed by atoms with Gasteiger partial charge in [-0.05, 0) is 18.4 Å². The minimum atomic E-state index is 0. The van der Waals surface area contributed by atoms with Gasteiger partial charge in [0.05, 0.1) is 12.2 Å². The maximum Gasteiger partial charge on any atom is 0.241 e. The molecule has 24 heavy (non-hydrogen) atoms. The molecule has 1 saturated heterocycles. The Hall–Kier alpha value is -1.33. The molecule has 4 nitrogen and oxygen atoms in total. The Morgan fingerprint density at radius 3 is 2.46 bits per heavy atom. The average Bonchev–Trinajstić information content (AvgIpc) is 2.57. The van der Waals surface area contributed by atoms with Crippen LogP contribution in [0, 0.1) is 0 Å². The molecule has 0 aliphatic carbocycles. The fourth-order valence-corrected chi connectivity index (χ4v) is 3.07. The lowest BCUT2D eigenvalue weighted by atomic mass is 10.1. The standard InChI is InChI=1S/C18H23N3O.2ClH/c1-2-21(18(22)14-20-12-10-19-11-13-20)17-9-5-7-15-6-3-4-8-16(15)17;;/h3-9,19H,2,10-14H2,1H3;2*1H. The normalized spacial score (nSPS) is 14.5. The van der Waals surface area contributed by atoms with Crippen LogP contribution in [0.1, 0.15) is 6.92 Å². The Labute approximate surface area is 156 Å². The van der Waals surface area contributed by atoms with E-state index in [-0.39, 0.29) is 30.7 Å². The molecule has 2 aromatic rings. The monoisotopic (exact) mass is 369 g/mol. The number of rotatable bonds is 4. The van der Waals surface area contributed by atoms with Crippen molar-refractivity contribution in [2.75, 3.05) is 44.2 Å². The summed E-state index contributed by atoms with van der Waals surface area (Å²) in [5.41, 5.74) is 1.01. The third kappa shape index (κ3) is 4.61. The second-order valence-electron chi connectivity index (χ2n) is 5.66. The van der Waals surface area contributed by atoms with Crippen LogP contribution in [-0.4, -0.2) is 50.1 Å². The fraction of sp³-hybridized carbons (Fsp3) is 0.389. The van der Waals surface area contributed by atoms with E-state index in [4.69, 9.17) is 0 Å². The van der Waals surface area contributed by atoms with Crippen LogP contribution in [0.4, 0.5) is 5.69 Å². The first-order valence-corrected chi connectivity index (χ1v) is 8.01. The number of hydrogen-bond donors (Lipinski definition) is 1. The molecule has 2 aromatic carbocycles. The Morgan fingerprint density at radius 1 is 1.08 bits per heavy atom. The molecular weight excluding hydrogens is 345 g/mol. The van der Waals surface area contributed by atoms with E-state index in [9.17, 15) is 4.79 Å². The quantitative estimate of drug-likeness (QED) is 0.899. The fourth-order valence-electron chi connectivity index (χ4n) is 3.07. The molecule has 0 bridgehead atoms. The number of piperazine rings is 1. The van der Waals surface area contributed by atoms with E-state index in [1.165, 1.54) is 5.39 Å². The van der Waals surface area contributed by atoms with Crippen molar-refractivity contribution >= 4 is 47.2 Å². The highest BCUT2D eigenvalue weighted by atomic mass is 35.5. The predicted octanol–water partition coefficient (Wildman–Crippen LogP) is 2.94. The summed E-state index contributed by atoms with van der Waals surface area (Å²) in [6.07, 6.45) is 0. The molecule has 0 spiro atoms. The summed E-state index contributed by atoms with van der Waals surface area (Å²) in [5.74, 6) is 0.181. The zero-order valence-electron chi connectivity index (χ0n) is 13.9. The Balaban J connectivity index is 0.00000144.